The number of hydrogen-bond donors (Lipinski definition) is 4. The van der Waals surface area contributed by atoms with E-state index in [9.17, 15) is 46.1 Å². The summed E-state index contributed by atoms with van der Waals surface area (Å²) < 4.78 is 78.3. The lowest BCUT2D eigenvalue weighted by atomic mass is 9.98. The number of nitrogens with one attached hydrogen (secondary N) is 1. The number of nitrogens with two attached hydrogens (primary N) is 1. The van der Waals surface area contributed by atoms with Gasteiger partial charge >= 0.3 is 18.3 Å². The molecule has 2 aromatic rings. The van der Waals surface area contributed by atoms with Gasteiger partial charge in [0.05, 0.1) is 11.1 Å². The van der Waals surface area contributed by atoms with Crippen molar-refractivity contribution in [1.29, 1.82) is 0 Å². The van der Waals surface area contributed by atoms with Crippen LogP contribution in [0.3, 0.4) is 0 Å². The van der Waals surface area contributed by atoms with Crippen molar-refractivity contribution in [2.45, 2.75) is 37.0 Å². The number of carbonyl (C=O) groups is 2. The van der Waals surface area contributed by atoms with E-state index in [1.807, 2.05) is 0 Å². The van der Waals surface area contributed by atoms with Crippen LogP contribution in [-0.4, -0.2) is 34.2 Å². The molecule has 3 atom stereocenters. The minimum atomic E-state index is -5.21. The molecule has 0 aliphatic heterocycles. The first-order chi connectivity index (χ1) is 14.7. The van der Waals surface area contributed by atoms with Gasteiger partial charge in [-0.2, -0.15) is 26.3 Å². The molecule has 2 rings (SSSR count). The van der Waals surface area contributed by atoms with E-state index in [2.05, 4.69) is 0 Å². The van der Waals surface area contributed by atoms with Crippen molar-refractivity contribution < 1.29 is 46.1 Å². The lowest BCUT2D eigenvalue weighted by Crippen LogP contribution is -2.49. The number of carboxylic acid groups (broad SMARTS) is 1. The highest BCUT2D eigenvalue weighted by atomic mass is 19.4. The third-order valence-electron chi connectivity index (χ3n) is 4.47. The second-order valence-corrected chi connectivity index (χ2v) is 6.92. The van der Waals surface area contributed by atoms with Crippen LogP contribution in [0, 0.1) is 0 Å². The SMILES string of the molecule is N[C@H](Cc1ccccc1)[C@H](O)C(=O)NC(C(=O)O)c1cc(C(F)(F)F)cc(C(F)(F)F)c1. The average molecular weight is 464 g/mol. The molecular formula is C20H18F6N2O4. The first-order valence-electron chi connectivity index (χ1n) is 9.00. The predicted molar refractivity (Wildman–Crippen MR) is 99.1 cm³/mol. The number of carbonyl (C=O) groups excluding carboxylic acids is 1. The number of aliphatic carboxylic acids is 1. The molecule has 0 saturated heterocycles. The molecule has 0 aliphatic rings. The van der Waals surface area contributed by atoms with Crippen molar-refractivity contribution in [3.63, 3.8) is 0 Å². The van der Waals surface area contributed by atoms with Crippen molar-refractivity contribution >= 4 is 11.9 Å². The molecule has 0 aromatic heterocycles. The van der Waals surface area contributed by atoms with Crippen molar-refractivity contribution in [2.24, 2.45) is 5.73 Å². The molecule has 0 fully saturated rings. The number of aliphatic hydroxyl groups is 1. The molecular weight excluding hydrogens is 446 g/mol. The molecule has 0 bridgehead atoms. The van der Waals surface area contributed by atoms with Crippen LogP contribution in [0.1, 0.15) is 28.3 Å². The summed E-state index contributed by atoms with van der Waals surface area (Å²) in [6.07, 6.45) is -12.4. The van der Waals surface area contributed by atoms with Gasteiger partial charge in [-0.05, 0) is 35.7 Å². The number of benzene rings is 2. The van der Waals surface area contributed by atoms with Gasteiger partial charge in [0.25, 0.3) is 5.91 Å². The first-order valence-corrected chi connectivity index (χ1v) is 9.00. The molecule has 174 valence electrons. The highest BCUT2D eigenvalue weighted by Crippen LogP contribution is 2.37. The van der Waals surface area contributed by atoms with Crippen LogP contribution in [0.25, 0.3) is 0 Å². The summed E-state index contributed by atoms with van der Waals surface area (Å²) in [6.45, 7) is 0. The molecule has 5 N–H and O–H groups in total. The van der Waals surface area contributed by atoms with Crippen LogP contribution in [-0.2, 0) is 28.4 Å². The fraction of sp³-hybridized carbons (Fsp3) is 0.300. The Hall–Kier alpha value is -3.12. The maximum atomic E-state index is 13.0. The van der Waals surface area contributed by atoms with Gasteiger partial charge in [-0.15, -0.1) is 0 Å². The van der Waals surface area contributed by atoms with Gasteiger partial charge in [-0.1, -0.05) is 30.3 Å². The average Bonchev–Trinajstić information content (AvgIpc) is 2.70. The molecule has 1 unspecified atom stereocenters. The molecule has 2 aromatic carbocycles. The predicted octanol–water partition coefficient (Wildman–Crippen LogP) is 2.90. The van der Waals surface area contributed by atoms with Gasteiger partial charge in [0.1, 0.15) is 6.10 Å². The van der Waals surface area contributed by atoms with E-state index in [1.54, 1.807) is 35.6 Å². The summed E-state index contributed by atoms with van der Waals surface area (Å²) in [6, 6.07) is 5.01. The van der Waals surface area contributed by atoms with Gasteiger partial charge in [-0.25, -0.2) is 4.79 Å². The highest BCUT2D eigenvalue weighted by molar-refractivity contribution is 5.87. The minimum absolute atomic E-state index is 0.00501. The number of alkyl halides is 6. The lowest BCUT2D eigenvalue weighted by molar-refractivity contribution is -0.145. The maximum absolute atomic E-state index is 13.0. The van der Waals surface area contributed by atoms with E-state index in [-0.39, 0.29) is 24.6 Å². The zero-order valence-electron chi connectivity index (χ0n) is 16.1. The molecule has 0 radical (unpaired) electrons. The van der Waals surface area contributed by atoms with E-state index < -0.39 is 59.1 Å². The third-order valence-corrected chi connectivity index (χ3v) is 4.47. The van der Waals surface area contributed by atoms with Gasteiger partial charge in [-0.3, -0.25) is 4.79 Å². The Morgan fingerprint density at radius 3 is 1.88 bits per heavy atom. The number of amides is 1. The van der Waals surface area contributed by atoms with E-state index in [1.165, 1.54) is 0 Å². The quantitative estimate of drug-likeness (QED) is 0.471. The Bertz CT molecular complexity index is 931. The topological polar surface area (TPSA) is 113 Å². The van der Waals surface area contributed by atoms with E-state index >= 15 is 0 Å². The Labute approximate surface area is 177 Å². The molecule has 0 aliphatic carbocycles. The largest absolute Gasteiger partial charge is 0.479 e. The molecule has 1 amide bonds. The molecule has 12 heteroatoms. The summed E-state index contributed by atoms with van der Waals surface area (Å²) >= 11 is 0. The molecule has 0 heterocycles. The normalized spacial score (nSPS) is 15.0. The summed E-state index contributed by atoms with van der Waals surface area (Å²) in [4.78, 5) is 23.8. The standard InChI is InChI=1S/C20H18F6N2O4/c21-19(22,23)12-7-11(8-13(9-12)20(24,25)26)15(18(31)32)28-17(30)16(29)14(27)6-10-4-2-1-3-5-10/h1-5,7-9,14-16,29H,6,27H2,(H,28,30)(H,31,32)/t14-,15?,16+/m1/s1. The minimum Gasteiger partial charge on any atom is -0.479 e. The number of halogens is 6. The van der Waals surface area contributed by atoms with Gasteiger partial charge < -0.3 is 21.3 Å². The number of aliphatic hydroxyl groups excluding tert-OH is 1. The molecule has 6 nitrogen and oxygen atoms in total. The Morgan fingerprint density at radius 1 is 0.938 bits per heavy atom. The Kier molecular flexibility index (Phi) is 7.52. The van der Waals surface area contributed by atoms with Crippen molar-refractivity contribution in [3.05, 3.63) is 70.8 Å². The maximum Gasteiger partial charge on any atom is 0.416 e. The lowest BCUT2D eigenvalue weighted by Gasteiger charge is -2.23. The van der Waals surface area contributed by atoms with Gasteiger partial charge in [0.15, 0.2) is 6.04 Å². The van der Waals surface area contributed by atoms with E-state index in [0.29, 0.717) is 5.56 Å². The van der Waals surface area contributed by atoms with Crippen molar-refractivity contribution in [1.82, 2.24) is 5.32 Å². The van der Waals surface area contributed by atoms with Gasteiger partial charge in [0, 0.05) is 6.04 Å². The Morgan fingerprint density at radius 2 is 1.44 bits per heavy atom. The fourth-order valence-corrected chi connectivity index (χ4v) is 2.85. The van der Waals surface area contributed by atoms with Crippen molar-refractivity contribution in [3.8, 4) is 0 Å². The third kappa shape index (κ3) is 6.44. The van der Waals surface area contributed by atoms with E-state index in [4.69, 9.17) is 5.73 Å². The zero-order valence-corrected chi connectivity index (χ0v) is 16.1. The number of carboxylic acids is 1. The van der Waals surface area contributed by atoms with Crippen LogP contribution < -0.4 is 11.1 Å². The molecule has 0 saturated carbocycles. The van der Waals surface area contributed by atoms with Crippen molar-refractivity contribution in [2.75, 3.05) is 0 Å². The van der Waals surface area contributed by atoms with Crippen LogP contribution in [0.4, 0.5) is 26.3 Å². The summed E-state index contributed by atoms with van der Waals surface area (Å²) in [7, 11) is 0. The second kappa shape index (κ2) is 9.57. The second-order valence-electron chi connectivity index (χ2n) is 6.92. The smallest absolute Gasteiger partial charge is 0.416 e. The summed E-state index contributed by atoms with van der Waals surface area (Å²) in [5.41, 5.74) is 1.91. The summed E-state index contributed by atoms with van der Waals surface area (Å²) in [5, 5.41) is 21.2. The Balaban J connectivity index is 2.31. The molecule has 0 spiro atoms. The number of hydrogen-bond acceptors (Lipinski definition) is 4. The van der Waals surface area contributed by atoms with Gasteiger partial charge in [0.2, 0.25) is 0 Å². The zero-order chi connectivity index (χ0) is 24.3. The van der Waals surface area contributed by atoms with E-state index in [0.717, 1.165) is 0 Å². The molecule has 32 heavy (non-hydrogen) atoms. The monoisotopic (exact) mass is 464 g/mol. The van der Waals surface area contributed by atoms with Crippen LogP contribution in [0.2, 0.25) is 0 Å². The van der Waals surface area contributed by atoms with Crippen LogP contribution in [0.15, 0.2) is 48.5 Å². The highest BCUT2D eigenvalue weighted by Gasteiger charge is 2.39. The van der Waals surface area contributed by atoms with Crippen LogP contribution in [0.5, 0.6) is 0 Å². The van der Waals surface area contributed by atoms with Crippen LogP contribution >= 0.6 is 0 Å². The first kappa shape index (κ1) is 25.1. The fourth-order valence-electron chi connectivity index (χ4n) is 2.85. The summed E-state index contributed by atoms with van der Waals surface area (Å²) in [5.74, 6) is -3.30. The number of rotatable bonds is 7.